The van der Waals surface area contributed by atoms with Gasteiger partial charge in [-0.25, -0.2) is 24.9 Å². The van der Waals surface area contributed by atoms with Gasteiger partial charge in [0, 0.05) is 26.2 Å². The maximum Gasteiger partial charge on any atom is 0.304 e. The zero-order chi connectivity index (χ0) is 27.1. The Kier molecular flexibility index (Phi) is 5.77. The highest BCUT2D eigenvalue weighted by molar-refractivity contribution is 5.94. The molecule has 2 amide bonds. The normalized spacial score (nSPS) is 13.7. The van der Waals surface area contributed by atoms with Gasteiger partial charge in [-0.05, 0) is 48.5 Å². The summed E-state index contributed by atoms with van der Waals surface area (Å²) in [4.78, 5) is 53.7. The fraction of sp³-hybridized carbons (Fsp3) is 0.133. The van der Waals surface area contributed by atoms with E-state index in [0.29, 0.717) is 54.8 Å². The fourth-order valence-corrected chi connectivity index (χ4v) is 5.02. The van der Waals surface area contributed by atoms with Crippen LogP contribution in [-0.4, -0.2) is 72.7 Å². The van der Waals surface area contributed by atoms with Gasteiger partial charge in [-0.2, -0.15) is 0 Å². The molecule has 0 bridgehead atoms. The number of rotatable bonds is 4. The Bertz CT molecular complexity index is 1680. The predicted molar refractivity (Wildman–Crippen MR) is 149 cm³/mol. The van der Waals surface area contributed by atoms with E-state index in [-0.39, 0.29) is 11.8 Å². The van der Waals surface area contributed by atoms with Gasteiger partial charge in [0.1, 0.15) is 17.1 Å². The molecule has 2 aromatic carbocycles. The van der Waals surface area contributed by atoms with Crippen molar-refractivity contribution in [3.05, 3.63) is 96.3 Å². The van der Waals surface area contributed by atoms with Crippen LogP contribution in [0.25, 0.3) is 45.1 Å². The van der Waals surface area contributed by atoms with Crippen LogP contribution in [0.3, 0.4) is 0 Å². The summed E-state index contributed by atoms with van der Waals surface area (Å²) < 4.78 is 0. The molecule has 6 aromatic rings. The molecule has 5 heterocycles. The van der Waals surface area contributed by atoms with Gasteiger partial charge >= 0.3 is 5.82 Å². The van der Waals surface area contributed by atoms with Gasteiger partial charge in [0.2, 0.25) is 0 Å². The van der Waals surface area contributed by atoms with Crippen molar-refractivity contribution in [1.82, 2.24) is 34.7 Å². The van der Waals surface area contributed by atoms with Crippen molar-refractivity contribution in [2.45, 2.75) is 0 Å². The Hall–Kier alpha value is -5.38. The third kappa shape index (κ3) is 4.35. The first kappa shape index (κ1) is 23.7. The van der Waals surface area contributed by atoms with Crippen molar-refractivity contribution in [3.63, 3.8) is 0 Å². The third-order valence-electron chi connectivity index (χ3n) is 7.13. The van der Waals surface area contributed by atoms with Crippen LogP contribution in [0, 0.1) is 0 Å². The number of H-pyrrole nitrogens is 3. The van der Waals surface area contributed by atoms with Crippen LogP contribution >= 0.6 is 0 Å². The maximum atomic E-state index is 13.3. The minimum Gasteiger partial charge on any atom is -0.337 e. The fourth-order valence-electron chi connectivity index (χ4n) is 5.02. The minimum absolute atomic E-state index is 0.157. The third-order valence-corrected chi connectivity index (χ3v) is 7.13. The van der Waals surface area contributed by atoms with Gasteiger partial charge in [0.05, 0.1) is 11.0 Å². The summed E-state index contributed by atoms with van der Waals surface area (Å²) in [7, 11) is 0. The van der Waals surface area contributed by atoms with E-state index in [4.69, 9.17) is 0 Å². The smallest absolute Gasteiger partial charge is 0.304 e. The second-order valence-corrected chi connectivity index (χ2v) is 9.67. The number of nitrogens with zero attached hydrogens (tertiary/aromatic N) is 5. The van der Waals surface area contributed by atoms with E-state index < -0.39 is 0 Å². The van der Waals surface area contributed by atoms with E-state index in [1.54, 1.807) is 21.9 Å². The number of para-hydroxylation sites is 4. The Morgan fingerprint density at radius 2 is 1.23 bits per heavy atom. The van der Waals surface area contributed by atoms with Crippen LogP contribution < -0.4 is 4.98 Å². The molecule has 4 aromatic heterocycles. The lowest BCUT2D eigenvalue weighted by atomic mass is 10.2. The molecular weight excluding hydrogens is 504 g/mol. The zero-order valence-electron chi connectivity index (χ0n) is 21.5. The first-order valence-electron chi connectivity index (χ1n) is 13.1. The molecule has 3 N–H and O–H groups in total. The summed E-state index contributed by atoms with van der Waals surface area (Å²) in [6.45, 7) is 1.66. The molecule has 40 heavy (non-hydrogen) atoms. The van der Waals surface area contributed by atoms with Gasteiger partial charge < -0.3 is 14.8 Å². The van der Waals surface area contributed by atoms with Crippen LogP contribution in [0.4, 0.5) is 0 Å². The number of carbonyl (C=O) groups excluding carboxylic acids is 2. The summed E-state index contributed by atoms with van der Waals surface area (Å²) in [5.41, 5.74) is 5.67. The van der Waals surface area contributed by atoms with E-state index in [0.717, 1.165) is 27.9 Å². The number of pyridine rings is 2. The van der Waals surface area contributed by atoms with Crippen molar-refractivity contribution in [2.24, 2.45) is 0 Å². The van der Waals surface area contributed by atoms with Crippen LogP contribution in [0.5, 0.6) is 0 Å². The second kappa shape index (κ2) is 9.73. The summed E-state index contributed by atoms with van der Waals surface area (Å²) in [5, 5.41) is 0. The van der Waals surface area contributed by atoms with Crippen molar-refractivity contribution in [3.8, 4) is 23.0 Å². The Morgan fingerprint density at radius 3 is 1.90 bits per heavy atom. The molecule has 0 unspecified atom stereocenters. The summed E-state index contributed by atoms with van der Waals surface area (Å²) >= 11 is 0. The molecule has 1 fully saturated rings. The highest BCUT2D eigenvalue weighted by atomic mass is 16.2. The number of nitrogens with one attached hydrogen (secondary N) is 3. The molecule has 0 radical (unpaired) electrons. The second-order valence-electron chi connectivity index (χ2n) is 9.67. The van der Waals surface area contributed by atoms with Gasteiger partial charge in [-0.1, -0.05) is 36.4 Å². The predicted octanol–water partition coefficient (Wildman–Crippen LogP) is 3.58. The molecule has 7 rings (SSSR count). The van der Waals surface area contributed by atoms with Crippen LogP contribution in [0.1, 0.15) is 21.0 Å². The molecule has 10 nitrogen and oxygen atoms in total. The Balaban J connectivity index is 1.03. The van der Waals surface area contributed by atoms with E-state index in [1.165, 1.54) is 0 Å². The average molecular weight is 530 g/mol. The molecule has 196 valence electrons. The van der Waals surface area contributed by atoms with E-state index in [1.807, 2.05) is 72.8 Å². The van der Waals surface area contributed by atoms with Crippen LogP contribution in [0.2, 0.25) is 0 Å². The molecule has 0 saturated carbocycles. The summed E-state index contributed by atoms with van der Waals surface area (Å²) in [6, 6.07) is 26.4. The van der Waals surface area contributed by atoms with Gasteiger partial charge in [0.15, 0.2) is 22.6 Å². The number of fused-ring (bicyclic) bond motifs is 2. The summed E-state index contributed by atoms with van der Waals surface area (Å²) in [6.07, 6.45) is 0. The molecule has 1 saturated heterocycles. The lowest BCUT2D eigenvalue weighted by molar-refractivity contribution is -0.330. The highest BCUT2D eigenvalue weighted by Gasteiger charge is 2.27. The Morgan fingerprint density at radius 1 is 0.625 bits per heavy atom. The van der Waals surface area contributed by atoms with E-state index in [2.05, 4.69) is 29.9 Å². The Labute approximate surface area is 228 Å². The molecule has 10 heteroatoms. The number of aromatic nitrogens is 6. The number of imidazole rings is 2. The van der Waals surface area contributed by atoms with Crippen LogP contribution in [0.15, 0.2) is 84.9 Å². The van der Waals surface area contributed by atoms with Crippen molar-refractivity contribution in [1.29, 1.82) is 0 Å². The van der Waals surface area contributed by atoms with E-state index in [9.17, 15) is 9.59 Å². The lowest BCUT2D eigenvalue weighted by Crippen LogP contribution is -2.50. The first-order chi connectivity index (χ1) is 19.6. The maximum absolute atomic E-state index is 13.3. The number of piperazine rings is 1. The van der Waals surface area contributed by atoms with Crippen molar-refractivity contribution in [2.75, 3.05) is 26.2 Å². The largest absolute Gasteiger partial charge is 0.337 e. The standard InChI is InChI=1S/C30H24N8O2/c39-29(25-13-5-11-23(31-25)27-33-19-7-1-2-8-20(19)34-27)37-15-17-38(18-16-37)30(40)26-14-6-12-24(32-26)28-35-21-9-3-4-10-22(21)36-28/h1-14H,15-18H2,(H,33,34)(H,35,36)/p+1. The molecule has 0 atom stereocenters. The molecule has 1 aliphatic heterocycles. The number of carbonyl (C=O) groups is 2. The van der Waals surface area contributed by atoms with E-state index >= 15 is 0 Å². The van der Waals surface area contributed by atoms with Crippen LogP contribution in [-0.2, 0) is 0 Å². The van der Waals surface area contributed by atoms with Crippen molar-refractivity contribution < 1.29 is 14.6 Å². The van der Waals surface area contributed by atoms with Gasteiger partial charge in [-0.3, -0.25) is 9.59 Å². The number of hydrogen-bond acceptors (Lipinski definition) is 5. The van der Waals surface area contributed by atoms with Gasteiger partial charge in [0.25, 0.3) is 11.8 Å². The van der Waals surface area contributed by atoms with Gasteiger partial charge in [-0.15, -0.1) is 0 Å². The minimum atomic E-state index is -0.167. The number of benzene rings is 2. The summed E-state index contributed by atoms with van der Waals surface area (Å²) in [5.74, 6) is 1.03. The first-order valence-corrected chi connectivity index (χ1v) is 13.1. The number of hydrogen-bond donors (Lipinski definition) is 2. The zero-order valence-corrected chi connectivity index (χ0v) is 21.5. The molecule has 0 spiro atoms. The molecule has 1 aliphatic rings. The molecule has 0 aliphatic carbocycles. The SMILES string of the molecule is O=C(c1cccc(-c2nc3ccccc3[nH]2)n1)N1CCN(C(=O)c2cccc(-c3[nH]c4ccccc4[nH+]3)n2)CC1. The van der Waals surface area contributed by atoms with Crippen molar-refractivity contribution >= 4 is 33.9 Å². The molecular formula is C30H25N8O2+. The quantitative estimate of drug-likeness (QED) is 0.361. The lowest BCUT2D eigenvalue weighted by Gasteiger charge is -2.34. The highest BCUT2D eigenvalue weighted by Crippen LogP contribution is 2.20. The number of aromatic amines is 3. The topological polar surface area (TPSA) is 125 Å². The average Bonchev–Trinajstić information content (AvgIpc) is 3.65. The monoisotopic (exact) mass is 529 g/mol. The number of amides is 2.